The van der Waals surface area contributed by atoms with Crippen molar-refractivity contribution in [1.29, 1.82) is 0 Å². The van der Waals surface area contributed by atoms with E-state index in [-0.39, 0.29) is 0 Å². The Morgan fingerprint density at radius 1 is 1.15 bits per heavy atom. The molecule has 0 aromatic heterocycles. The molecule has 0 bridgehead atoms. The van der Waals surface area contributed by atoms with Crippen LogP contribution in [0.25, 0.3) is 0 Å². The third-order valence-electron chi connectivity index (χ3n) is 2.37. The number of benzene rings is 1. The van der Waals surface area contributed by atoms with E-state index < -0.39 is 0 Å². The lowest BCUT2D eigenvalue weighted by Crippen LogP contribution is -1.90. The van der Waals surface area contributed by atoms with Crippen molar-refractivity contribution < 1.29 is 0 Å². The molecule has 72 valence electrons. The first-order valence-corrected chi connectivity index (χ1v) is 5.99. The molecule has 0 saturated heterocycles. The van der Waals surface area contributed by atoms with E-state index in [1.54, 1.807) is 0 Å². The van der Waals surface area contributed by atoms with Crippen molar-refractivity contribution in [2.45, 2.75) is 38.0 Å². The average molecular weight is 194 g/mol. The molecule has 1 atom stereocenters. The molecule has 0 aliphatic carbocycles. The van der Waals surface area contributed by atoms with Gasteiger partial charge in [0.1, 0.15) is 0 Å². The summed E-state index contributed by atoms with van der Waals surface area (Å²) in [6.07, 6.45) is 1.22. The zero-order valence-corrected chi connectivity index (χ0v) is 9.53. The number of thioether (sulfide) groups is 1. The van der Waals surface area contributed by atoms with Crippen LogP contribution in [-0.4, -0.2) is 5.75 Å². The van der Waals surface area contributed by atoms with Crippen molar-refractivity contribution in [3.63, 3.8) is 0 Å². The van der Waals surface area contributed by atoms with Crippen molar-refractivity contribution >= 4 is 11.8 Å². The molecule has 0 amide bonds. The average Bonchev–Trinajstić information content (AvgIpc) is 2.18. The summed E-state index contributed by atoms with van der Waals surface area (Å²) >= 11 is 1.90. The maximum atomic E-state index is 2.28. The molecule has 0 radical (unpaired) electrons. The van der Waals surface area contributed by atoms with Gasteiger partial charge in [-0.05, 0) is 35.8 Å². The summed E-state index contributed by atoms with van der Waals surface area (Å²) in [6, 6.07) is 8.98. The van der Waals surface area contributed by atoms with Crippen LogP contribution in [-0.2, 0) is 0 Å². The summed E-state index contributed by atoms with van der Waals surface area (Å²) in [4.78, 5) is 1.38. The van der Waals surface area contributed by atoms with Crippen LogP contribution in [0.2, 0.25) is 0 Å². The van der Waals surface area contributed by atoms with Crippen molar-refractivity contribution in [3.8, 4) is 0 Å². The highest BCUT2D eigenvalue weighted by atomic mass is 32.2. The second-order valence-corrected chi connectivity index (χ2v) is 4.65. The third kappa shape index (κ3) is 3.07. The summed E-state index contributed by atoms with van der Waals surface area (Å²) in [5.41, 5.74) is 1.46. The number of rotatable bonds is 4. The van der Waals surface area contributed by atoms with Crippen molar-refractivity contribution in [2.24, 2.45) is 0 Å². The lowest BCUT2D eigenvalue weighted by molar-refractivity contribution is 0.733. The molecule has 0 spiro atoms. The minimum Gasteiger partial charge on any atom is -0.126 e. The quantitative estimate of drug-likeness (QED) is 0.643. The largest absolute Gasteiger partial charge is 0.126 e. The van der Waals surface area contributed by atoms with Gasteiger partial charge in [0.15, 0.2) is 0 Å². The Morgan fingerprint density at radius 3 is 2.23 bits per heavy atom. The van der Waals surface area contributed by atoms with Gasteiger partial charge in [-0.15, -0.1) is 11.8 Å². The molecule has 0 saturated carbocycles. The topological polar surface area (TPSA) is 0 Å². The molecule has 1 aromatic rings. The number of hydrogen-bond donors (Lipinski definition) is 0. The Balaban J connectivity index is 2.69. The number of hydrogen-bond acceptors (Lipinski definition) is 1. The predicted octanol–water partition coefficient (Wildman–Crippen LogP) is 4.31. The van der Waals surface area contributed by atoms with E-state index in [1.807, 2.05) is 11.8 Å². The standard InChI is InChI=1S/C12H18S/c1-4-10(3)11-6-8-12(9-7-11)13-5-2/h6-10H,4-5H2,1-3H3. The van der Waals surface area contributed by atoms with Gasteiger partial charge < -0.3 is 0 Å². The first-order chi connectivity index (χ1) is 6.27. The van der Waals surface area contributed by atoms with E-state index in [2.05, 4.69) is 45.0 Å². The molecule has 0 aliphatic heterocycles. The molecule has 0 N–H and O–H groups in total. The van der Waals surface area contributed by atoms with Crippen LogP contribution in [0, 0.1) is 0 Å². The molecule has 0 fully saturated rings. The smallest absolute Gasteiger partial charge is 0.00720 e. The molecule has 1 heteroatoms. The minimum atomic E-state index is 0.695. The fraction of sp³-hybridized carbons (Fsp3) is 0.500. The molecule has 0 heterocycles. The summed E-state index contributed by atoms with van der Waals surface area (Å²) in [7, 11) is 0. The first kappa shape index (κ1) is 10.6. The Labute approximate surface area is 85.7 Å². The molecular weight excluding hydrogens is 176 g/mol. The third-order valence-corrected chi connectivity index (χ3v) is 3.27. The molecule has 1 aromatic carbocycles. The Hall–Kier alpha value is -0.430. The maximum absolute atomic E-state index is 2.28. The van der Waals surface area contributed by atoms with Crippen LogP contribution in [0.1, 0.15) is 38.7 Å². The van der Waals surface area contributed by atoms with Crippen molar-refractivity contribution in [2.75, 3.05) is 5.75 Å². The maximum Gasteiger partial charge on any atom is 0.00720 e. The zero-order valence-electron chi connectivity index (χ0n) is 8.71. The van der Waals surface area contributed by atoms with Gasteiger partial charge >= 0.3 is 0 Å². The molecule has 13 heavy (non-hydrogen) atoms. The minimum absolute atomic E-state index is 0.695. The highest BCUT2D eigenvalue weighted by Crippen LogP contribution is 2.23. The Morgan fingerprint density at radius 2 is 1.77 bits per heavy atom. The normalized spacial score (nSPS) is 12.8. The summed E-state index contributed by atoms with van der Waals surface area (Å²) < 4.78 is 0. The highest BCUT2D eigenvalue weighted by Gasteiger charge is 2.01. The second kappa shape index (κ2) is 5.33. The van der Waals surface area contributed by atoms with Crippen molar-refractivity contribution in [1.82, 2.24) is 0 Å². The van der Waals surface area contributed by atoms with Crippen LogP contribution >= 0.6 is 11.8 Å². The van der Waals surface area contributed by atoms with Gasteiger partial charge in [-0.25, -0.2) is 0 Å². The van der Waals surface area contributed by atoms with Gasteiger partial charge in [0, 0.05) is 4.90 Å². The van der Waals surface area contributed by atoms with Gasteiger partial charge in [-0.3, -0.25) is 0 Å². The monoisotopic (exact) mass is 194 g/mol. The van der Waals surface area contributed by atoms with Crippen LogP contribution in [0.4, 0.5) is 0 Å². The molecule has 1 unspecified atom stereocenters. The van der Waals surface area contributed by atoms with E-state index in [0.29, 0.717) is 5.92 Å². The van der Waals surface area contributed by atoms with Crippen LogP contribution in [0.3, 0.4) is 0 Å². The van der Waals surface area contributed by atoms with Gasteiger partial charge in [-0.2, -0.15) is 0 Å². The molecular formula is C12H18S. The van der Waals surface area contributed by atoms with Gasteiger partial charge in [0.25, 0.3) is 0 Å². The van der Waals surface area contributed by atoms with Crippen LogP contribution in [0.5, 0.6) is 0 Å². The Bertz CT molecular complexity index is 238. The second-order valence-electron chi connectivity index (χ2n) is 3.31. The lowest BCUT2D eigenvalue weighted by Gasteiger charge is -2.08. The van der Waals surface area contributed by atoms with E-state index in [1.165, 1.54) is 16.9 Å². The summed E-state index contributed by atoms with van der Waals surface area (Å²) in [5, 5.41) is 0. The van der Waals surface area contributed by atoms with E-state index in [9.17, 15) is 0 Å². The van der Waals surface area contributed by atoms with Crippen LogP contribution in [0.15, 0.2) is 29.2 Å². The Kier molecular flexibility index (Phi) is 4.37. The van der Waals surface area contributed by atoms with E-state index in [4.69, 9.17) is 0 Å². The molecule has 0 nitrogen and oxygen atoms in total. The zero-order chi connectivity index (χ0) is 9.68. The van der Waals surface area contributed by atoms with Crippen LogP contribution < -0.4 is 0 Å². The van der Waals surface area contributed by atoms with Crippen molar-refractivity contribution in [3.05, 3.63) is 29.8 Å². The fourth-order valence-electron chi connectivity index (χ4n) is 1.29. The molecule has 1 rings (SSSR count). The fourth-order valence-corrected chi connectivity index (χ4v) is 1.96. The summed E-state index contributed by atoms with van der Waals surface area (Å²) in [5.74, 6) is 1.85. The van der Waals surface area contributed by atoms with E-state index in [0.717, 1.165) is 5.75 Å². The van der Waals surface area contributed by atoms with Gasteiger partial charge in [0.05, 0.1) is 0 Å². The SMILES string of the molecule is CCSc1ccc(C(C)CC)cc1. The molecule has 0 aliphatic rings. The van der Waals surface area contributed by atoms with Gasteiger partial charge in [-0.1, -0.05) is 32.9 Å². The highest BCUT2D eigenvalue weighted by molar-refractivity contribution is 7.99. The van der Waals surface area contributed by atoms with Gasteiger partial charge in [0.2, 0.25) is 0 Å². The first-order valence-electron chi connectivity index (χ1n) is 5.00. The summed E-state index contributed by atoms with van der Waals surface area (Å²) in [6.45, 7) is 6.70. The predicted molar refractivity (Wildman–Crippen MR) is 61.5 cm³/mol. The van der Waals surface area contributed by atoms with E-state index >= 15 is 0 Å². The lowest BCUT2D eigenvalue weighted by atomic mass is 9.99.